The highest BCUT2D eigenvalue weighted by Crippen LogP contribution is 2.18. The molecule has 0 bridgehead atoms. The van der Waals surface area contributed by atoms with Gasteiger partial charge in [0.15, 0.2) is 11.8 Å². The molecular weight excluding hydrogens is 447 g/mol. The van der Waals surface area contributed by atoms with Gasteiger partial charge in [0.25, 0.3) is 0 Å². The number of guanidine groups is 1. The molecule has 1 aliphatic carbocycles. The Balaban J connectivity index is 0.00000225. The highest BCUT2D eigenvalue weighted by Gasteiger charge is 2.18. The van der Waals surface area contributed by atoms with Crippen LogP contribution in [-0.2, 0) is 20.1 Å². The van der Waals surface area contributed by atoms with E-state index in [-0.39, 0.29) is 24.0 Å². The van der Waals surface area contributed by atoms with Crippen LogP contribution in [0.2, 0.25) is 0 Å². The Morgan fingerprint density at radius 3 is 2.76 bits per heavy atom. The third-order valence-electron chi connectivity index (χ3n) is 4.60. The topological polar surface area (TPSA) is 58.3 Å². The highest BCUT2D eigenvalue weighted by molar-refractivity contribution is 14.0. The standard InChI is InChI=1S/C17H26N6S.HI/c1-13-20-21-16(23(13)3)10-18-17(19-15-6-4-5-7-15)22(2)11-14-8-9-24-12-14;/h8-9,12,15H,4-7,10-11H2,1-3H3,(H,18,19);1H. The van der Waals surface area contributed by atoms with Crippen molar-refractivity contribution in [1.29, 1.82) is 0 Å². The monoisotopic (exact) mass is 474 g/mol. The third kappa shape index (κ3) is 5.40. The molecule has 2 aromatic heterocycles. The van der Waals surface area contributed by atoms with E-state index in [1.165, 1.54) is 31.2 Å². The van der Waals surface area contributed by atoms with Gasteiger partial charge in [0.05, 0.1) is 0 Å². The van der Waals surface area contributed by atoms with Crippen LogP contribution in [0.3, 0.4) is 0 Å². The van der Waals surface area contributed by atoms with Crippen molar-refractivity contribution in [3.05, 3.63) is 34.0 Å². The lowest BCUT2D eigenvalue weighted by molar-refractivity contribution is 0.457. The van der Waals surface area contributed by atoms with E-state index in [0.29, 0.717) is 12.6 Å². The fraction of sp³-hybridized carbons (Fsp3) is 0.588. The maximum atomic E-state index is 4.82. The molecule has 6 nitrogen and oxygen atoms in total. The van der Waals surface area contributed by atoms with E-state index in [0.717, 1.165) is 24.2 Å². The number of halogens is 1. The molecular formula is C17H27IN6S. The zero-order valence-electron chi connectivity index (χ0n) is 15.1. The van der Waals surface area contributed by atoms with Crippen LogP contribution in [0.25, 0.3) is 0 Å². The lowest BCUT2D eigenvalue weighted by atomic mass is 10.2. The van der Waals surface area contributed by atoms with Gasteiger partial charge in [-0.15, -0.1) is 34.2 Å². The summed E-state index contributed by atoms with van der Waals surface area (Å²) in [5.74, 6) is 2.76. The number of nitrogens with zero attached hydrogens (tertiary/aromatic N) is 5. The highest BCUT2D eigenvalue weighted by atomic mass is 127. The first-order chi connectivity index (χ1) is 11.6. The van der Waals surface area contributed by atoms with Gasteiger partial charge in [0.2, 0.25) is 0 Å². The van der Waals surface area contributed by atoms with Gasteiger partial charge in [-0.05, 0) is 42.2 Å². The molecule has 1 aliphatic rings. The van der Waals surface area contributed by atoms with Crippen LogP contribution in [0.15, 0.2) is 21.8 Å². The molecule has 138 valence electrons. The zero-order chi connectivity index (χ0) is 16.9. The number of rotatable bonds is 5. The van der Waals surface area contributed by atoms with Crippen molar-refractivity contribution in [2.24, 2.45) is 12.0 Å². The normalized spacial score (nSPS) is 15.2. The van der Waals surface area contributed by atoms with Crippen molar-refractivity contribution in [3.63, 3.8) is 0 Å². The minimum absolute atomic E-state index is 0. The number of nitrogens with one attached hydrogen (secondary N) is 1. The first kappa shape index (κ1) is 20.2. The molecule has 1 saturated carbocycles. The van der Waals surface area contributed by atoms with E-state index in [4.69, 9.17) is 4.99 Å². The van der Waals surface area contributed by atoms with Crippen molar-refractivity contribution >= 4 is 41.3 Å². The van der Waals surface area contributed by atoms with Crippen LogP contribution < -0.4 is 5.32 Å². The SMILES string of the molecule is Cc1nnc(CN=C(NC2CCCC2)N(C)Cc2ccsc2)n1C.I. The summed E-state index contributed by atoms with van der Waals surface area (Å²) in [6.07, 6.45) is 5.08. The van der Waals surface area contributed by atoms with Gasteiger partial charge in [0, 0.05) is 26.7 Å². The number of hydrogen-bond donors (Lipinski definition) is 1. The molecule has 8 heteroatoms. The summed E-state index contributed by atoms with van der Waals surface area (Å²) in [7, 11) is 4.08. The second-order valence-electron chi connectivity index (χ2n) is 6.48. The summed E-state index contributed by atoms with van der Waals surface area (Å²) in [5, 5.41) is 16.3. The maximum Gasteiger partial charge on any atom is 0.194 e. The van der Waals surface area contributed by atoms with E-state index >= 15 is 0 Å². The van der Waals surface area contributed by atoms with Crippen LogP contribution in [0.1, 0.15) is 42.9 Å². The first-order valence-corrected chi connectivity index (χ1v) is 9.46. The molecule has 0 unspecified atom stereocenters. The lowest BCUT2D eigenvalue weighted by Crippen LogP contribution is -2.43. The van der Waals surface area contributed by atoms with Gasteiger partial charge in [-0.2, -0.15) is 11.3 Å². The molecule has 0 aliphatic heterocycles. The molecule has 1 N–H and O–H groups in total. The predicted octanol–water partition coefficient (Wildman–Crippen LogP) is 3.32. The fourth-order valence-electron chi connectivity index (χ4n) is 2.99. The van der Waals surface area contributed by atoms with Gasteiger partial charge < -0.3 is 14.8 Å². The van der Waals surface area contributed by atoms with Crippen LogP contribution in [0.5, 0.6) is 0 Å². The van der Waals surface area contributed by atoms with E-state index in [9.17, 15) is 0 Å². The molecule has 2 aromatic rings. The number of aromatic nitrogens is 3. The van der Waals surface area contributed by atoms with E-state index in [2.05, 4.69) is 44.3 Å². The Bertz CT molecular complexity index is 675. The fourth-order valence-corrected chi connectivity index (χ4v) is 3.65. The summed E-state index contributed by atoms with van der Waals surface area (Å²) in [6.45, 7) is 3.36. The number of thiophene rings is 1. The molecule has 0 atom stereocenters. The number of hydrogen-bond acceptors (Lipinski definition) is 4. The van der Waals surface area contributed by atoms with Gasteiger partial charge >= 0.3 is 0 Å². The van der Waals surface area contributed by atoms with Crippen LogP contribution in [0.4, 0.5) is 0 Å². The van der Waals surface area contributed by atoms with Gasteiger partial charge in [-0.1, -0.05) is 12.8 Å². The number of aliphatic imine (C=N–C) groups is 1. The molecule has 0 radical (unpaired) electrons. The first-order valence-electron chi connectivity index (χ1n) is 8.51. The summed E-state index contributed by atoms with van der Waals surface area (Å²) < 4.78 is 2.00. The van der Waals surface area contributed by atoms with Gasteiger partial charge in [-0.25, -0.2) is 4.99 Å². The van der Waals surface area contributed by atoms with Crippen LogP contribution in [-0.4, -0.2) is 38.7 Å². The Morgan fingerprint density at radius 2 is 2.16 bits per heavy atom. The zero-order valence-corrected chi connectivity index (χ0v) is 18.3. The quantitative estimate of drug-likeness (QED) is 0.411. The predicted molar refractivity (Wildman–Crippen MR) is 113 cm³/mol. The minimum atomic E-state index is 0. The van der Waals surface area contributed by atoms with Crippen molar-refractivity contribution in [3.8, 4) is 0 Å². The molecule has 0 saturated heterocycles. The van der Waals surface area contributed by atoms with E-state index in [1.54, 1.807) is 11.3 Å². The minimum Gasteiger partial charge on any atom is -0.353 e. The van der Waals surface area contributed by atoms with Gasteiger partial charge in [-0.3, -0.25) is 0 Å². The lowest BCUT2D eigenvalue weighted by Gasteiger charge is -2.25. The van der Waals surface area contributed by atoms with Crippen molar-refractivity contribution in [2.45, 2.75) is 51.7 Å². The summed E-state index contributed by atoms with van der Waals surface area (Å²) >= 11 is 1.73. The average molecular weight is 474 g/mol. The summed E-state index contributed by atoms with van der Waals surface area (Å²) in [5.41, 5.74) is 1.32. The Kier molecular flexibility index (Phi) is 7.67. The number of aryl methyl sites for hydroxylation is 1. The Hall–Kier alpha value is -1.16. The smallest absolute Gasteiger partial charge is 0.194 e. The molecule has 0 aromatic carbocycles. The van der Waals surface area contributed by atoms with Crippen molar-refractivity contribution < 1.29 is 0 Å². The largest absolute Gasteiger partial charge is 0.353 e. The average Bonchev–Trinajstić information content (AvgIpc) is 3.30. The van der Waals surface area contributed by atoms with E-state index < -0.39 is 0 Å². The van der Waals surface area contributed by atoms with Gasteiger partial charge in [0.1, 0.15) is 12.4 Å². The Labute approximate surface area is 170 Å². The molecule has 0 amide bonds. The second kappa shape index (κ2) is 9.51. The van der Waals surface area contributed by atoms with Crippen molar-refractivity contribution in [1.82, 2.24) is 25.0 Å². The van der Waals surface area contributed by atoms with Crippen LogP contribution >= 0.6 is 35.3 Å². The summed E-state index contributed by atoms with van der Waals surface area (Å²) in [4.78, 5) is 7.02. The molecule has 1 fully saturated rings. The molecule has 3 rings (SSSR count). The molecule has 0 spiro atoms. The summed E-state index contributed by atoms with van der Waals surface area (Å²) in [6, 6.07) is 2.70. The second-order valence-corrected chi connectivity index (χ2v) is 7.26. The third-order valence-corrected chi connectivity index (χ3v) is 5.33. The van der Waals surface area contributed by atoms with Crippen molar-refractivity contribution in [2.75, 3.05) is 7.05 Å². The Morgan fingerprint density at radius 1 is 1.40 bits per heavy atom. The molecule has 25 heavy (non-hydrogen) atoms. The maximum absolute atomic E-state index is 4.82. The molecule has 2 heterocycles. The van der Waals surface area contributed by atoms with E-state index in [1.807, 2.05) is 18.5 Å². The van der Waals surface area contributed by atoms with Crippen LogP contribution in [0, 0.1) is 6.92 Å².